The van der Waals surface area contributed by atoms with Gasteiger partial charge in [0.05, 0.1) is 11.7 Å². The van der Waals surface area contributed by atoms with Gasteiger partial charge in [-0.2, -0.15) is 5.10 Å². The van der Waals surface area contributed by atoms with Crippen LogP contribution in [-0.4, -0.2) is 21.8 Å². The number of likely N-dealkylation sites (N-methyl/N-ethyl adjacent to an activating group) is 1. The van der Waals surface area contributed by atoms with Crippen molar-refractivity contribution >= 4 is 0 Å². The van der Waals surface area contributed by atoms with Crippen molar-refractivity contribution in [1.29, 1.82) is 0 Å². The number of nitrogens with zero attached hydrogens (tertiary/aromatic N) is 3. The normalized spacial score (nSPS) is 12.8. The van der Waals surface area contributed by atoms with E-state index in [9.17, 15) is 0 Å². The molecule has 2 aromatic heterocycles. The lowest BCUT2D eigenvalue weighted by Crippen LogP contribution is -2.20. The lowest BCUT2D eigenvalue weighted by Gasteiger charge is -2.18. The maximum absolute atomic E-state index is 4.76. The number of aryl methyl sites for hydroxylation is 1. The van der Waals surface area contributed by atoms with E-state index in [0.717, 1.165) is 25.0 Å². The average molecular weight is 286 g/mol. The van der Waals surface area contributed by atoms with E-state index in [1.54, 1.807) is 0 Å². The van der Waals surface area contributed by atoms with Gasteiger partial charge in [-0.1, -0.05) is 13.8 Å². The van der Waals surface area contributed by atoms with Crippen LogP contribution >= 0.6 is 0 Å². The molecule has 4 heteroatoms. The van der Waals surface area contributed by atoms with Gasteiger partial charge in [0, 0.05) is 31.1 Å². The summed E-state index contributed by atoms with van der Waals surface area (Å²) in [6.45, 7) is 6.54. The summed E-state index contributed by atoms with van der Waals surface area (Å²) in [6.07, 6.45) is 9.03. The van der Waals surface area contributed by atoms with Gasteiger partial charge in [-0.25, -0.2) is 0 Å². The molecule has 1 unspecified atom stereocenters. The molecule has 0 aliphatic heterocycles. The number of aromatic nitrogens is 3. The molecule has 2 aromatic rings. The Labute approximate surface area is 127 Å². The van der Waals surface area contributed by atoms with Gasteiger partial charge in [-0.3, -0.25) is 9.67 Å². The van der Waals surface area contributed by atoms with Gasteiger partial charge in [0.2, 0.25) is 0 Å². The predicted octanol–water partition coefficient (Wildman–Crippen LogP) is 3.45. The zero-order valence-corrected chi connectivity index (χ0v) is 13.5. The Hall–Kier alpha value is -1.68. The zero-order valence-electron chi connectivity index (χ0n) is 13.5. The number of nitrogens with one attached hydrogen (secondary N) is 1. The molecule has 0 radical (unpaired) electrons. The molecular formula is C17H26N4. The fraction of sp³-hybridized carbons (Fsp3) is 0.529. The van der Waals surface area contributed by atoms with Crippen LogP contribution in [0.15, 0.2) is 30.7 Å². The van der Waals surface area contributed by atoms with Crippen LogP contribution < -0.4 is 5.32 Å². The van der Waals surface area contributed by atoms with Crippen molar-refractivity contribution in [3.05, 3.63) is 47.5 Å². The molecule has 0 fully saturated rings. The highest BCUT2D eigenvalue weighted by molar-refractivity contribution is 5.26. The summed E-state index contributed by atoms with van der Waals surface area (Å²) < 4.78 is 2.11. The third kappa shape index (κ3) is 3.70. The molecule has 2 rings (SSSR count). The molecule has 0 saturated heterocycles. The molecular weight excluding hydrogens is 260 g/mol. The highest BCUT2D eigenvalue weighted by Gasteiger charge is 2.15. The zero-order chi connectivity index (χ0) is 15.2. The van der Waals surface area contributed by atoms with Gasteiger partial charge >= 0.3 is 0 Å². The van der Waals surface area contributed by atoms with E-state index in [2.05, 4.69) is 54.1 Å². The summed E-state index contributed by atoms with van der Waals surface area (Å²) in [5.74, 6) is 0. The highest BCUT2D eigenvalue weighted by Crippen LogP contribution is 2.21. The molecule has 4 nitrogen and oxygen atoms in total. The summed E-state index contributed by atoms with van der Waals surface area (Å²) in [4.78, 5) is 4.17. The predicted molar refractivity (Wildman–Crippen MR) is 86.3 cm³/mol. The number of rotatable bonds is 7. The monoisotopic (exact) mass is 286 g/mol. The van der Waals surface area contributed by atoms with Crippen LogP contribution in [0.2, 0.25) is 0 Å². The minimum absolute atomic E-state index is 0.276. The van der Waals surface area contributed by atoms with Crippen LogP contribution in [0.1, 0.15) is 55.6 Å². The van der Waals surface area contributed by atoms with Crippen LogP contribution in [0.5, 0.6) is 0 Å². The molecule has 1 atom stereocenters. The lowest BCUT2D eigenvalue weighted by atomic mass is 9.99. The van der Waals surface area contributed by atoms with Crippen molar-refractivity contribution in [2.75, 3.05) is 7.05 Å². The molecule has 2 heterocycles. The van der Waals surface area contributed by atoms with E-state index in [-0.39, 0.29) is 6.04 Å². The Balaban J connectivity index is 2.14. The second-order valence-corrected chi connectivity index (χ2v) is 5.54. The van der Waals surface area contributed by atoms with Gasteiger partial charge in [0.1, 0.15) is 0 Å². The fourth-order valence-electron chi connectivity index (χ4n) is 2.80. The molecule has 0 aliphatic rings. The first-order valence-corrected chi connectivity index (χ1v) is 7.81. The van der Waals surface area contributed by atoms with Crippen molar-refractivity contribution in [3.63, 3.8) is 0 Å². The molecule has 0 saturated carbocycles. The molecule has 1 N–H and O–H groups in total. The minimum Gasteiger partial charge on any atom is -0.313 e. The van der Waals surface area contributed by atoms with Gasteiger partial charge in [0.15, 0.2) is 0 Å². The van der Waals surface area contributed by atoms with Gasteiger partial charge < -0.3 is 5.32 Å². The van der Waals surface area contributed by atoms with Gasteiger partial charge in [0.25, 0.3) is 0 Å². The summed E-state index contributed by atoms with van der Waals surface area (Å²) in [7, 11) is 2.00. The first-order chi connectivity index (χ1) is 10.2. The van der Waals surface area contributed by atoms with Crippen LogP contribution in [0.4, 0.5) is 0 Å². The van der Waals surface area contributed by atoms with Gasteiger partial charge in [-0.05, 0) is 50.1 Å². The standard InChI is InChI=1S/C17H26N4/c1-5-15(6-2)21-10-8-14(20-21)11-17(18-4)16-7-9-19-12-13(16)3/h7-10,12,15,17-18H,5-6,11H2,1-4H3. The second-order valence-electron chi connectivity index (χ2n) is 5.54. The summed E-state index contributed by atoms with van der Waals surface area (Å²) in [5, 5.41) is 8.15. The van der Waals surface area contributed by atoms with E-state index in [0.29, 0.717) is 6.04 Å². The highest BCUT2D eigenvalue weighted by atomic mass is 15.3. The van der Waals surface area contributed by atoms with Crippen LogP contribution in [-0.2, 0) is 6.42 Å². The Morgan fingerprint density at radius 3 is 2.62 bits per heavy atom. The van der Waals surface area contributed by atoms with E-state index in [4.69, 9.17) is 5.10 Å². The third-order valence-corrected chi connectivity index (χ3v) is 4.18. The Morgan fingerprint density at radius 1 is 1.24 bits per heavy atom. The van der Waals surface area contributed by atoms with Crippen molar-refractivity contribution < 1.29 is 0 Å². The summed E-state index contributed by atoms with van der Waals surface area (Å²) in [5.41, 5.74) is 3.65. The lowest BCUT2D eigenvalue weighted by molar-refractivity contribution is 0.423. The Morgan fingerprint density at radius 2 is 2.00 bits per heavy atom. The Bertz CT molecular complexity index is 557. The minimum atomic E-state index is 0.276. The number of hydrogen-bond donors (Lipinski definition) is 1. The van der Waals surface area contributed by atoms with E-state index in [1.807, 2.05) is 19.4 Å². The summed E-state index contributed by atoms with van der Waals surface area (Å²) >= 11 is 0. The first kappa shape index (κ1) is 15.7. The van der Waals surface area contributed by atoms with E-state index < -0.39 is 0 Å². The maximum atomic E-state index is 4.76. The molecule has 0 bridgehead atoms. The van der Waals surface area contributed by atoms with Crippen molar-refractivity contribution in [2.24, 2.45) is 0 Å². The maximum Gasteiger partial charge on any atom is 0.0643 e. The molecule has 21 heavy (non-hydrogen) atoms. The van der Waals surface area contributed by atoms with Crippen LogP contribution in [0.25, 0.3) is 0 Å². The van der Waals surface area contributed by atoms with Crippen molar-refractivity contribution in [3.8, 4) is 0 Å². The Kier molecular flexibility index (Phi) is 5.51. The van der Waals surface area contributed by atoms with Crippen molar-refractivity contribution in [2.45, 2.75) is 52.1 Å². The van der Waals surface area contributed by atoms with E-state index >= 15 is 0 Å². The number of pyridine rings is 1. The summed E-state index contributed by atoms with van der Waals surface area (Å²) in [6, 6.07) is 5.01. The first-order valence-electron chi connectivity index (χ1n) is 7.81. The van der Waals surface area contributed by atoms with Crippen molar-refractivity contribution in [1.82, 2.24) is 20.1 Å². The van der Waals surface area contributed by atoms with Crippen LogP contribution in [0, 0.1) is 6.92 Å². The molecule has 0 aromatic carbocycles. The average Bonchev–Trinajstić information content (AvgIpc) is 2.95. The topological polar surface area (TPSA) is 42.7 Å². The quantitative estimate of drug-likeness (QED) is 0.847. The van der Waals surface area contributed by atoms with Gasteiger partial charge in [-0.15, -0.1) is 0 Å². The van der Waals surface area contributed by atoms with E-state index in [1.165, 1.54) is 11.1 Å². The smallest absolute Gasteiger partial charge is 0.0643 e. The molecule has 0 amide bonds. The third-order valence-electron chi connectivity index (χ3n) is 4.18. The SMILES string of the molecule is CCC(CC)n1ccc(CC(NC)c2ccncc2C)n1. The largest absolute Gasteiger partial charge is 0.313 e. The fourth-order valence-corrected chi connectivity index (χ4v) is 2.80. The van der Waals surface area contributed by atoms with Crippen LogP contribution in [0.3, 0.4) is 0 Å². The molecule has 0 spiro atoms. The molecule has 0 aliphatic carbocycles. The molecule has 114 valence electrons. The number of hydrogen-bond acceptors (Lipinski definition) is 3. The second kappa shape index (κ2) is 7.36.